The second-order valence-corrected chi connectivity index (χ2v) is 3.64. The van der Waals surface area contributed by atoms with Gasteiger partial charge in [-0.1, -0.05) is 0 Å². The van der Waals surface area contributed by atoms with Gasteiger partial charge in [0.15, 0.2) is 0 Å². The number of carboxylic acid groups (broad SMARTS) is 1. The second-order valence-electron chi connectivity index (χ2n) is 3.64. The van der Waals surface area contributed by atoms with Gasteiger partial charge >= 0.3 is 5.97 Å². The molecule has 2 rings (SSSR count). The molecule has 0 aliphatic carbocycles. The molecular formula is C11H12N4O3. The Kier molecular flexibility index (Phi) is 3.24. The topological polar surface area (TPSA) is 114 Å². The van der Waals surface area contributed by atoms with E-state index in [4.69, 9.17) is 15.6 Å². The Morgan fingerprint density at radius 1 is 1.61 bits per heavy atom. The summed E-state index contributed by atoms with van der Waals surface area (Å²) in [6, 6.07) is 1.49. The number of nitrogens with zero attached hydrogens (tertiary/aromatic N) is 2. The van der Waals surface area contributed by atoms with Gasteiger partial charge < -0.3 is 20.6 Å². The van der Waals surface area contributed by atoms with E-state index in [1.807, 2.05) is 0 Å². The van der Waals surface area contributed by atoms with E-state index in [0.29, 0.717) is 17.9 Å². The Hall–Kier alpha value is -2.41. The quantitative estimate of drug-likeness (QED) is 0.740. The van der Waals surface area contributed by atoms with Crippen LogP contribution >= 0.6 is 0 Å². The first-order valence-electron chi connectivity index (χ1n) is 5.14. The van der Waals surface area contributed by atoms with Crippen molar-refractivity contribution in [3.8, 4) is 11.3 Å². The lowest BCUT2D eigenvalue weighted by atomic mass is 10.1. The van der Waals surface area contributed by atoms with Crippen molar-refractivity contribution in [2.75, 3.05) is 12.8 Å². The van der Waals surface area contributed by atoms with Crippen molar-refractivity contribution < 1.29 is 14.6 Å². The van der Waals surface area contributed by atoms with Gasteiger partial charge in [0, 0.05) is 30.6 Å². The molecule has 18 heavy (non-hydrogen) atoms. The van der Waals surface area contributed by atoms with Gasteiger partial charge in [0.2, 0.25) is 5.95 Å². The van der Waals surface area contributed by atoms with E-state index in [-0.39, 0.29) is 11.6 Å². The number of aromatic amines is 1. The van der Waals surface area contributed by atoms with E-state index in [1.54, 1.807) is 19.5 Å². The Morgan fingerprint density at radius 2 is 2.39 bits per heavy atom. The number of ether oxygens (including phenoxy) is 1. The molecule has 4 N–H and O–H groups in total. The zero-order valence-corrected chi connectivity index (χ0v) is 9.67. The molecule has 0 unspecified atom stereocenters. The zero-order valence-electron chi connectivity index (χ0n) is 9.67. The number of nitrogen functional groups attached to an aromatic ring is 1. The summed E-state index contributed by atoms with van der Waals surface area (Å²) in [6.07, 6.45) is 3.12. The first kappa shape index (κ1) is 12.1. The molecule has 0 saturated carbocycles. The maximum Gasteiger partial charge on any atom is 0.352 e. The van der Waals surface area contributed by atoms with Crippen LogP contribution in [0.4, 0.5) is 5.95 Å². The number of hydrogen-bond donors (Lipinski definition) is 3. The molecule has 0 aliphatic rings. The third-order valence-electron chi connectivity index (χ3n) is 2.37. The SMILES string of the molecule is COCc1cnc(N)nc1-c1c[nH]c(C(=O)O)c1. The van der Waals surface area contributed by atoms with Gasteiger partial charge in [-0.25, -0.2) is 14.8 Å². The highest BCUT2D eigenvalue weighted by molar-refractivity contribution is 5.87. The van der Waals surface area contributed by atoms with Crippen molar-refractivity contribution in [2.45, 2.75) is 6.61 Å². The molecule has 0 aliphatic heterocycles. The molecule has 94 valence electrons. The van der Waals surface area contributed by atoms with Gasteiger partial charge in [-0.05, 0) is 6.07 Å². The number of rotatable bonds is 4. The molecule has 2 aromatic rings. The number of carboxylic acids is 1. The largest absolute Gasteiger partial charge is 0.477 e. The van der Waals surface area contributed by atoms with Gasteiger partial charge in [-0.2, -0.15) is 0 Å². The minimum absolute atomic E-state index is 0.0885. The lowest BCUT2D eigenvalue weighted by molar-refractivity contribution is 0.0691. The van der Waals surface area contributed by atoms with Crippen molar-refractivity contribution in [1.82, 2.24) is 15.0 Å². The maximum atomic E-state index is 10.8. The number of nitrogens with two attached hydrogens (primary N) is 1. The third-order valence-corrected chi connectivity index (χ3v) is 2.37. The molecule has 7 heteroatoms. The van der Waals surface area contributed by atoms with E-state index in [9.17, 15) is 4.79 Å². The predicted molar refractivity (Wildman–Crippen MR) is 63.9 cm³/mol. The summed E-state index contributed by atoms with van der Waals surface area (Å²) in [6.45, 7) is 0.323. The summed E-state index contributed by atoms with van der Waals surface area (Å²) < 4.78 is 5.04. The fourth-order valence-corrected chi connectivity index (χ4v) is 1.59. The highest BCUT2D eigenvalue weighted by Crippen LogP contribution is 2.23. The molecule has 7 nitrogen and oxygen atoms in total. The molecule has 0 amide bonds. The summed E-state index contributed by atoms with van der Waals surface area (Å²) in [4.78, 5) is 21.5. The van der Waals surface area contributed by atoms with Crippen LogP contribution in [0.25, 0.3) is 11.3 Å². The van der Waals surface area contributed by atoms with Gasteiger partial charge in [0.1, 0.15) is 5.69 Å². The highest BCUT2D eigenvalue weighted by atomic mass is 16.5. The number of H-pyrrole nitrogens is 1. The van der Waals surface area contributed by atoms with Crippen LogP contribution in [0.1, 0.15) is 16.1 Å². The normalized spacial score (nSPS) is 10.5. The number of methoxy groups -OCH3 is 1. The van der Waals surface area contributed by atoms with E-state index in [1.165, 1.54) is 6.07 Å². The molecule has 0 saturated heterocycles. The van der Waals surface area contributed by atoms with E-state index in [0.717, 1.165) is 5.56 Å². The van der Waals surface area contributed by atoms with Crippen LogP contribution in [0.3, 0.4) is 0 Å². The molecule has 2 aromatic heterocycles. The summed E-state index contributed by atoms with van der Waals surface area (Å²) in [5.41, 5.74) is 7.56. The fraction of sp³-hybridized carbons (Fsp3) is 0.182. The number of aromatic carboxylic acids is 1. The molecule has 2 heterocycles. The van der Waals surface area contributed by atoms with Crippen LogP contribution in [-0.2, 0) is 11.3 Å². The van der Waals surface area contributed by atoms with Crippen molar-refractivity contribution >= 4 is 11.9 Å². The van der Waals surface area contributed by atoms with Crippen molar-refractivity contribution in [1.29, 1.82) is 0 Å². The number of carbonyl (C=O) groups is 1. The first-order valence-corrected chi connectivity index (χ1v) is 5.14. The van der Waals surface area contributed by atoms with E-state index >= 15 is 0 Å². The minimum atomic E-state index is -1.03. The van der Waals surface area contributed by atoms with Crippen molar-refractivity contribution in [2.24, 2.45) is 0 Å². The maximum absolute atomic E-state index is 10.8. The monoisotopic (exact) mass is 248 g/mol. The van der Waals surface area contributed by atoms with Crippen LogP contribution in [0.2, 0.25) is 0 Å². The third kappa shape index (κ3) is 2.30. The molecular weight excluding hydrogens is 236 g/mol. The van der Waals surface area contributed by atoms with Gasteiger partial charge in [-0.3, -0.25) is 0 Å². The molecule has 0 bridgehead atoms. The van der Waals surface area contributed by atoms with Gasteiger partial charge in [0.25, 0.3) is 0 Å². The van der Waals surface area contributed by atoms with Gasteiger partial charge in [0.05, 0.1) is 12.3 Å². The smallest absolute Gasteiger partial charge is 0.352 e. The highest BCUT2D eigenvalue weighted by Gasteiger charge is 2.13. The predicted octanol–water partition coefficient (Wildman–Crippen LogP) is 0.898. The van der Waals surface area contributed by atoms with E-state index in [2.05, 4.69) is 15.0 Å². The van der Waals surface area contributed by atoms with Crippen LogP contribution in [-0.4, -0.2) is 33.1 Å². The first-order chi connectivity index (χ1) is 8.61. The summed E-state index contributed by atoms with van der Waals surface area (Å²) in [5, 5.41) is 8.86. The van der Waals surface area contributed by atoms with Crippen LogP contribution in [0.15, 0.2) is 18.5 Å². The number of hydrogen-bond acceptors (Lipinski definition) is 5. The van der Waals surface area contributed by atoms with Crippen LogP contribution < -0.4 is 5.73 Å². The number of nitrogens with one attached hydrogen (secondary N) is 1. The van der Waals surface area contributed by atoms with Crippen LogP contribution in [0.5, 0.6) is 0 Å². The number of anilines is 1. The molecule has 0 spiro atoms. The Labute approximate surface area is 103 Å². The number of aromatic nitrogens is 3. The van der Waals surface area contributed by atoms with Crippen molar-refractivity contribution in [3.05, 3.63) is 29.7 Å². The lowest BCUT2D eigenvalue weighted by Crippen LogP contribution is -2.01. The van der Waals surface area contributed by atoms with E-state index < -0.39 is 5.97 Å². The average molecular weight is 248 g/mol. The Morgan fingerprint density at radius 3 is 3.00 bits per heavy atom. The Balaban J connectivity index is 2.47. The molecule has 0 radical (unpaired) electrons. The lowest BCUT2D eigenvalue weighted by Gasteiger charge is -2.06. The summed E-state index contributed by atoms with van der Waals surface area (Å²) in [7, 11) is 1.56. The standard InChI is InChI=1S/C11H12N4O3/c1-18-5-7-4-14-11(12)15-9(7)6-2-8(10(16)17)13-3-6/h2-4,13H,5H2,1H3,(H,16,17)(H2,12,14,15). The molecule has 0 atom stereocenters. The molecule has 0 aromatic carbocycles. The Bertz CT molecular complexity index is 579. The average Bonchev–Trinajstić information content (AvgIpc) is 2.81. The fourth-order valence-electron chi connectivity index (χ4n) is 1.59. The zero-order chi connectivity index (χ0) is 13.1. The minimum Gasteiger partial charge on any atom is -0.477 e. The summed E-state index contributed by atoms with van der Waals surface area (Å²) in [5.74, 6) is -0.903. The molecule has 0 fully saturated rings. The van der Waals surface area contributed by atoms with Crippen LogP contribution in [0, 0.1) is 0 Å². The summed E-state index contributed by atoms with van der Waals surface area (Å²) >= 11 is 0. The van der Waals surface area contributed by atoms with Gasteiger partial charge in [-0.15, -0.1) is 0 Å². The second kappa shape index (κ2) is 4.84. The van der Waals surface area contributed by atoms with Crippen molar-refractivity contribution in [3.63, 3.8) is 0 Å².